The summed E-state index contributed by atoms with van der Waals surface area (Å²) in [6, 6.07) is -0.353. The Morgan fingerprint density at radius 1 is 1.38 bits per heavy atom. The third-order valence-corrected chi connectivity index (χ3v) is 4.71. The van der Waals surface area contributed by atoms with E-state index in [2.05, 4.69) is 4.98 Å². The number of carbonyl (C=O) groups excluding carboxylic acids is 2. The lowest BCUT2D eigenvalue weighted by Crippen LogP contribution is -2.51. The molecule has 1 aromatic rings. The van der Waals surface area contributed by atoms with Crippen LogP contribution in [-0.2, 0) is 16.1 Å². The summed E-state index contributed by atoms with van der Waals surface area (Å²) in [7, 11) is 3.41. The quantitative estimate of drug-likeness (QED) is 0.846. The number of nitrogens with zero attached hydrogens (tertiary/aromatic N) is 3. The molecule has 0 saturated carbocycles. The van der Waals surface area contributed by atoms with E-state index in [1.165, 1.54) is 6.92 Å². The summed E-state index contributed by atoms with van der Waals surface area (Å²) in [4.78, 5) is 32.4. The molecule has 6 heteroatoms. The fourth-order valence-electron chi connectivity index (χ4n) is 3.35. The third-order valence-electron chi connectivity index (χ3n) is 4.71. The van der Waals surface area contributed by atoms with Gasteiger partial charge < -0.3 is 14.5 Å². The Bertz CT molecular complexity index is 630. The highest BCUT2D eigenvalue weighted by molar-refractivity contribution is 5.87. The topological polar surface area (TPSA) is 62.7 Å². The minimum Gasteiger partial charge on any atom is -0.496 e. The number of aromatic nitrogens is 1. The molecular weight excluding hydrogens is 306 g/mol. The fourth-order valence-corrected chi connectivity index (χ4v) is 3.35. The van der Waals surface area contributed by atoms with Crippen molar-refractivity contribution in [3.63, 3.8) is 0 Å². The van der Waals surface area contributed by atoms with E-state index in [1.54, 1.807) is 30.2 Å². The first-order valence-corrected chi connectivity index (χ1v) is 8.38. The fraction of sp³-hybridized carbons (Fsp3) is 0.611. The maximum absolute atomic E-state index is 12.8. The second-order valence-electron chi connectivity index (χ2n) is 6.46. The Kier molecular flexibility index (Phi) is 5.80. The van der Waals surface area contributed by atoms with Crippen LogP contribution in [0.15, 0.2) is 6.20 Å². The molecule has 1 aliphatic rings. The zero-order chi connectivity index (χ0) is 17.9. The number of rotatable bonds is 4. The second-order valence-corrected chi connectivity index (χ2v) is 6.46. The lowest BCUT2D eigenvalue weighted by molar-refractivity contribution is -0.146. The molecule has 132 valence electrons. The standard InChI is InChI=1S/C18H27N3O3/c1-12-10-19-15(13(2)17(12)24-5)11-20(4)18(23)16-8-6-7-9-21(16)14(3)22/h10,16H,6-9,11H2,1-5H3. The highest BCUT2D eigenvalue weighted by Crippen LogP contribution is 2.25. The molecule has 0 radical (unpaired) electrons. The van der Waals surface area contributed by atoms with Crippen molar-refractivity contribution in [3.8, 4) is 5.75 Å². The number of pyridine rings is 1. The van der Waals surface area contributed by atoms with E-state index in [-0.39, 0.29) is 17.9 Å². The lowest BCUT2D eigenvalue weighted by atomic mass is 10.0. The van der Waals surface area contributed by atoms with Crippen LogP contribution in [-0.4, -0.2) is 53.3 Å². The molecule has 24 heavy (non-hydrogen) atoms. The average Bonchev–Trinajstić information content (AvgIpc) is 2.57. The predicted octanol–water partition coefficient (Wildman–Crippen LogP) is 2.07. The van der Waals surface area contributed by atoms with Gasteiger partial charge in [-0.15, -0.1) is 0 Å². The molecule has 1 aromatic heterocycles. The van der Waals surface area contributed by atoms with Crippen LogP contribution in [0.2, 0.25) is 0 Å². The van der Waals surface area contributed by atoms with Gasteiger partial charge in [-0.25, -0.2) is 0 Å². The first-order valence-electron chi connectivity index (χ1n) is 8.38. The van der Waals surface area contributed by atoms with E-state index >= 15 is 0 Å². The van der Waals surface area contributed by atoms with Crippen LogP contribution in [0.5, 0.6) is 5.75 Å². The van der Waals surface area contributed by atoms with Crippen molar-refractivity contribution in [1.29, 1.82) is 0 Å². The molecule has 0 spiro atoms. The van der Waals surface area contributed by atoms with Crippen molar-refractivity contribution in [2.75, 3.05) is 20.7 Å². The summed E-state index contributed by atoms with van der Waals surface area (Å²) < 4.78 is 5.43. The maximum atomic E-state index is 12.8. The van der Waals surface area contributed by atoms with Crippen LogP contribution in [0.3, 0.4) is 0 Å². The summed E-state index contributed by atoms with van der Waals surface area (Å²) in [5.41, 5.74) is 2.74. The van der Waals surface area contributed by atoms with Crippen LogP contribution >= 0.6 is 0 Å². The van der Waals surface area contributed by atoms with Gasteiger partial charge in [-0.3, -0.25) is 14.6 Å². The summed E-state index contributed by atoms with van der Waals surface area (Å²) in [6.45, 7) is 6.50. The highest BCUT2D eigenvalue weighted by Gasteiger charge is 2.32. The molecule has 0 N–H and O–H groups in total. The molecule has 1 fully saturated rings. The molecule has 2 amide bonds. The smallest absolute Gasteiger partial charge is 0.245 e. The molecule has 0 aromatic carbocycles. The van der Waals surface area contributed by atoms with E-state index in [4.69, 9.17) is 4.74 Å². The van der Waals surface area contributed by atoms with Gasteiger partial charge in [0.15, 0.2) is 0 Å². The Labute approximate surface area is 143 Å². The Morgan fingerprint density at radius 2 is 2.08 bits per heavy atom. The molecule has 0 aliphatic carbocycles. The van der Waals surface area contributed by atoms with Gasteiger partial charge in [-0.1, -0.05) is 0 Å². The molecule has 2 rings (SSSR count). The van der Waals surface area contributed by atoms with Crippen molar-refractivity contribution in [3.05, 3.63) is 23.0 Å². The number of hydrogen-bond acceptors (Lipinski definition) is 4. The SMILES string of the molecule is COc1c(C)cnc(CN(C)C(=O)C2CCCCN2C(C)=O)c1C. The zero-order valence-corrected chi connectivity index (χ0v) is 15.3. The van der Waals surface area contributed by atoms with E-state index in [0.717, 1.165) is 41.8 Å². The molecule has 1 aliphatic heterocycles. The van der Waals surface area contributed by atoms with E-state index in [1.807, 2.05) is 13.8 Å². The first kappa shape index (κ1) is 18.2. The van der Waals surface area contributed by atoms with Gasteiger partial charge in [0.2, 0.25) is 11.8 Å². The number of amides is 2. The molecule has 0 bridgehead atoms. The number of piperidine rings is 1. The third kappa shape index (κ3) is 3.68. The van der Waals surface area contributed by atoms with Gasteiger partial charge in [-0.2, -0.15) is 0 Å². The van der Waals surface area contributed by atoms with Crippen molar-refractivity contribution in [1.82, 2.24) is 14.8 Å². The van der Waals surface area contributed by atoms with Crippen LogP contribution in [0.1, 0.15) is 43.0 Å². The van der Waals surface area contributed by atoms with Crippen LogP contribution in [0.25, 0.3) is 0 Å². The average molecular weight is 333 g/mol. The van der Waals surface area contributed by atoms with E-state index < -0.39 is 0 Å². The number of hydrogen-bond donors (Lipinski definition) is 0. The lowest BCUT2D eigenvalue weighted by Gasteiger charge is -2.36. The minimum atomic E-state index is -0.353. The molecule has 1 unspecified atom stereocenters. The predicted molar refractivity (Wildman–Crippen MR) is 91.8 cm³/mol. The second kappa shape index (κ2) is 7.64. The number of aryl methyl sites for hydroxylation is 1. The van der Waals surface area contributed by atoms with Crippen LogP contribution < -0.4 is 4.74 Å². The van der Waals surface area contributed by atoms with Gasteiger partial charge in [0.25, 0.3) is 0 Å². The summed E-state index contributed by atoms with van der Waals surface area (Å²) >= 11 is 0. The Hall–Kier alpha value is -2.11. The number of likely N-dealkylation sites (N-methyl/N-ethyl adjacent to an activating group) is 1. The molecular formula is C18H27N3O3. The van der Waals surface area contributed by atoms with E-state index in [0.29, 0.717) is 13.1 Å². The number of likely N-dealkylation sites (tertiary alicyclic amines) is 1. The monoisotopic (exact) mass is 333 g/mol. The van der Waals surface area contributed by atoms with Gasteiger partial charge in [0, 0.05) is 37.8 Å². The summed E-state index contributed by atoms with van der Waals surface area (Å²) in [5.74, 6) is 0.752. The number of ether oxygens (including phenoxy) is 1. The normalized spacial score (nSPS) is 17.5. The Balaban J connectivity index is 2.15. The molecule has 1 saturated heterocycles. The molecule has 1 atom stereocenters. The van der Waals surface area contributed by atoms with Crippen molar-refractivity contribution >= 4 is 11.8 Å². The largest absolute Gasteiger partial charge is 0.496 e. The van der Waals surface area contributed by atoms with Crippen molar-refractivity contribution < 1.29 is 14.3 Å². The highest BCUT2D eigenvalue weighted by atomic mass is 16.5. The van der Waals surface area contributed by atoms with Gasteiger partial charge in [0.1, 0.15) is 11.8 Å². The molecule has 2 heterocycles. The molecule has 6 nitrogen and oxygen atoms in total. The van der Waals surface area contributed by atoms with Crippen molar-refractivity contribution in [2.45, 2.75) is 52.6 Å². The number of carbonyl (C=O) groups is 2. The van der Waals surface area contributed by atoms with Gasteiger partial charge >= 0.3 is 0 Å². The van der Waals surface area contributed by atoms with Crippen LogP contribution in [0, 0.1) is 13.8 Å². The van der Waals surface area contributed by atoms with E-state index in [9.17, 15) is 9.59 Å². The van der Waals surface area contributed by atoms with Gasteiger partial charge in [-0.05, 0) is 33.1 Å². The van der Waals surface area contributed by atoms with Crippen LogP contribution in [0.4, 0.5) is 0 Å². The Morgan fingerprint density at radius 3 is 2.71 bits per heavy atom. The summed E-state index contributed by atoms with van der Waals surface area (Å²) in [6.07, 6.45) is 4.43. The number of methoxy groups -OCH3 is 1. The summed E-state index contributed by atoms with van der Waals surface area (Å²) in [5, 5.41) is 0. The maximum Gasteiger partial charge on any atom is 0.245 e. The minimum absolute atomic E-state index is 0.0226. The van der Waals surface area contributed by atoms with Gasteiger partial charge in [0.05, 0.1) is 19.3 Å². The zero-order valence-electron chi connectivity index (χ0n) is 15.3. The first-order chi connectivity index (χ1) is 11.4. The van der Waals surface area contributed by atoms with Crippen molar-refractivity contribution in [2.24, 2.45) is 0 Å².